The van der Waals surface area contributed by atoms with Crippen LogP contribution in [0.5, 0.6) is 0 Å². The maximum Gasteiger partial charge on any atom is 0.248 e. The van der Waals surface area contributed by atoms with Gasteiger partial charge in [0.25, 0.3) is 0 Å². The average Bonchev–Trinajstić information content (AvgIpc) is 2.44. The first-order valence-corrected chi connectivity index (χ1v) is 7.41. The number of hydrogen-bond donors (Lipinski definition) is 1. The molecule has 5 heteroatoms. The van der Waals surface area contributed by atoms with Crippen LogP contribution >= 0.6 is 0 Å². The molecule has 1 aliphatic carbocycles. The smallest absolute Gasteiger partial charge is 0.248 e. The molecule has 1 aromatic rings. The molecule has 2 amide bonds. The molecular weight excluding hydrogens is 266 g/mol. The number of anilines is 1. The average molecular weight is 287 g/mol. The van der Waals surface area contributed by atoms with Gasteiger partial charge < -0.3 is 10.6 Å². The summed E-state index contributed by atoms with van der Waals surface area (Å²) in [5.74, 6) is -0.319. The first-order chi connectivity index (χ1) is 10.1. The molecule has 0 atom stereocenters. The Morgan fingerprint density at radius 3 is 2.10 bits per heavy atom. The quantitative estimate of drug-likeness (QED) is 0.838. The summed E-state index contributed by atoms with van der Waals surface area (Å²) in [6.07, 6.45) is 3.53. The maximum atomic E-state index is 11.8. The predicted octanol–water partition coefficient (Wildman–Crippen LogP) is 0.872. The van der Waals surface area contributed by atoms with E-state index in [0.29, 0.717) is 6.54 Å². The molecule has 0 radical (unpaired) electrons. The molecule has 2 N–H and O–H groups in total. The van der Waals surface area contributed by atoms with Gasteiger partial charge >= 0.3 is 0 Å². The van der Waals surface area contributed by atoms with E-state index >= 15 is 0 Å². The monoisotopic (exact) mass is 287 g/mol. The van der Waals surface area contributed by atoms with Crippen LogP contribution in [0.25, 0.3) is 0 Å². The van der Waals surface area contributed by atoms with Gasteiger partial charge in [0.15, 0.2) is 0 Å². The van der Waals surface area contributed by atoms with Crippen LogP contribution in [0.3, 0.4) is 0 Å². The fourth-order valence-electron chi connectivity index (χ4n) is 3.16. The van der Waals surface area contributed by atoms with Gasteiger partial charge in [0, 0.05) is 24.7 Å². The standard InChI is InChI=1S/C16H21N3O2/c1-18-14(20)9-19(10-15(18)21)13-5-3-12(4-6-13)16(11-17)7-2-8-16/h3-6H,2,7-11,17H2,1H3. The van der Waals surface area contributed by atoms with Gasteiger partial charge in [0.05, 0.1) is 13.1 Å². The second kappa shape index (κ2) is 5.15. The summed E-state index contributed by atoms with van der Waals surface area (Å²) in [4.78, 5) is 26.5. The molecule has 3 rings (SSSR count). The van der Waals surface area contributed by atoms with E-state index in [2.05, 4.69) is 12.1 Å². The van der Waals surface area contributed by atoms with Gasteiger partial charge in [0.1, 0.15) is 0 Å². The van der Waals surface area contributed by atoms with Gasteiger partial charge in [-0.15, -0.1) is 0 Å². The molecular formula is C16H21N3O2. The number of benzene rings is 1. The van der Waals surface area contributed by atoms with Crippen molar-refractivity contribution in [2.45, 2.75) is 24.7 Å². The Hall–Kier alpha value is -1.88. The van der Waals surface area contributed by atoms with Gasteiger partial charge in [-0.05, 0) is 30.5 Å². The lowest BCUT2D eigenvalue weighted by molar-refractivity contribution is -0.143. The topological polar surface area (TPSA) is 66.6 Å². The summed E-state index contributed by atoms with van der Waals surface area (Å²) >= 11 is 0. The van der Waals surface area contributed by atoms with Gasteiger partial charge in [-0.1, -0.05) is 18.6 Å². The van der Waals surface area contributed by atoms with E-state index in [0.717, 1.165) is 18.5 Å². The van der Waals surface area contributed by atoms with Crippen LogP contribution in [0.15, 0.2) is 24.3 Å². The number of amides is 2. The maximum absolute atomic E-state index is 11.8. The number of hydrogen-bond acceptors (Lipinski definition) is 4. The van der Waals surface area contributed by atoms with Crippen molar-refractivity contribution in [1.82, 2.24) is 4.90 Å². The Labute approximate surface area is 124 Å². The highest BCUT2D eigenvalue weighted by Crippen LogP contribution is 2.43. The molecule has 0 aromatic heterocycles. The lowest BCUT2D eigenvalue weighted by Gasteiger charge is -2.41. The van der Waals surface area contributed by atoms with Crippen LogP contribution in [-0.2, 0) is 15.0 Å². The largest absolute Gasteiger partial charge is 0.353 e. The molecule has 0 unspecified atom stereocenters. The van der Waals surface area contributed by atoms with E-state index in [1.807, 2.05) is 17.0 Å². The van der Waals surface area contributed by atoms with Crippen LogP contribution in [0, 0.1) is 0 Å². The SMILES string of the molecule is CN1C(=O)CN(c2ccc(C3(CN)CCC3)cc2)CC1=O. The van der Waals surface area contributed by atoms with Crippen molar-refractivity contribution in [3.8, 4) is 0 Å². The van der Waals surface area contributed by atoms with E-state index in [1.165, 1.54) is 23.9 Å². The normalized spacial score (nSPS) is 21.4. The van der Waals surface area contributed by atoms with Crippen molar-refractivity contribution in [3.05, 3.63) is 29.8 Å². The molecule has 1 aliphatic heterocycles. The van der Waals surface area contributed by atoms with Crippen molar-refractivity contribution >= 4 is 17.5 Å². The fraction of sp³-hybridized carbons (Fsp3) is 0.500. The summed E-state index contributed by atoms with van der Waals surface area (Å²) in [5, 5.41) is 0. The Morgan fingerprint density at radius 1 is 1.10 bits per heavy atom. The van der Waals surface area contributed by atoms with Crippen LogP contribution in [0.1, 0.15) is 24.8 Å². The molecule has 0 bridgehead atoms. The minimum absolute atomic E-state index is 0.145. The summed E-state index contributed by atoms with van der Waals surface area (Å²) in [6.45, 7) is 1.19. The number of likely N-dealkylation sites (N-methyl/N-ethyl adjacent to an activating group) is 1. The third kappa shape index (κ3) is 2.31. The second-order valence-corrected chi connectivity index (χ2v) is 6.09. The minimum Gasteiger partial charge on any atom is -0.353 e. The second-order valence-electron chi connectivity index (χ2n) is 6.09. The number of imide groups is 1. The fourth-order valence-corrected chi connectivity index (χ4v) is 3.16. The van der Waals surface area contributed by atoms with E-state index in [1.54, 1.807) is 0 Å². The Kier molecular flexibility index (Phi) is 3.45. The number of carbonyl (C=O) groups is 2. The molecule has 112 valence electrons. The van der Waals surface area contributed by atoms with E-state index in [-0.39, 0.29) is 30.3 Å². The van der Waals surface area contributed by atoms with Gasteiger partial charge in [-0.2, -0.15) is 0 Å². The number of rotatable bonds is 3. The highest BCUT2D eigenvalue weighted by atomic mass is 16.2. The van der Waals surface area contributed by atoms with Crippen molar-refractivity contribution < 1.29 is 9.59 Å². The van der Waals surface area contributed by atoms with Crippen molar-refractivity contribution in [3.63, 3.8) is 0 Å². The first kappa shape index (κ1) is 14.1. The van der Waals surface area contributed by atoms with Crippen LogP contribution in [0.4, 0.5) is 5.69 Å². The van der Waals surface area contributed by atoms with Crippen LogP contribution in [-0.4, -0.2) is 43.4 Å². The van der Waals surface area contributed by atoms with Gasteiger partial charge in [-0.25, -0.2) is 0 Å². The Morgan fingerprint density at radius 2 is 1.67 bits per heavy atom. The summed E-state index contributed by atoms with van der Waals surface area (Å²) in [6, 6.07) is 8.18. The highest BCUT2D eigenvalue weighted by Gasteiger charge is 2.37. The molecule has 1 aromatic carbocycles. The third-order valence-corrected chi connectivity index (χ3v) is 4.95. The lowest BCUT2D eigenvalue weighted by Crippen LogP contribution is -2.52. The van der Waals surface area contributed by atoms with E-state index in [9.17, 15) is 9.59 Å². The van der Waals surface area contributed by atoms with Crippen molar-refractivity contribution in [2.24, 2.45) is 5.73 Å². The molecule has 2 fully saturated rings. The minimum atomic E-state index is -0.159. The molecule has 1 heterocycles. The molecule has 2 aliphatic rings. The van der Waals surface area contributed by atoms with Crippen molar-refractivity contribution in [2.75, 3.05) is 31.6 Å². The summed E-state index contributed by atoms with van der Waals surface area (Å²) in [7, 11) is 1.53. The molecule has 21 heavy (non-hydrogen) atoms. The zero-order valence-electron chi connectivity index (χ0n) is 12.3. The van der Waals surface area contributed by atoms with Gasteiger partial charge in [0.2, 0.25) is 11.8 Å². The molecule has 0 spiro atoms. The Bertz CT molecular complexity index is 540. The zero-order valence-corrected chi connectivity index (χ0v) is 12.3. The van der Waals surface area contributed by atoms with Crippen molar-refractivity contribution in [1.29, 1.82) is 0 Å². The Balaban J connectivity index is 1.78. The predicted molar refractivity (Wildman–Crippen MR) is 81.0 cm³/mol. The summed E-state index contributed by atoms with van der Waals surface area (Å²) in [5.41, 5.74) is 8.26. The number of nitrogens with two attached hydrogens (primary N) is 1. The first-order valence-electron chi connectivity index (χ1n) is 7.41. The summed E-state index contributed by atoms with van der Waals surface area (Å²) < 4.78 is 0. The molecule has 5 nitrogen and oxygen atoms in total. The van der Waals surface area contributed by atoms with E-state index in [4.69, 9.17) is 5.73 Å². The van der Waals surface area contributed by atoms with Gasteiger partial charge in [-0.3, -0.25) is 14.5 Å². The molecule has 1 saturated heterocycles. The third-order valence-electron chi connectivity index (χ3n) is 4.95. The highest BCUT2D eigenvalue weighted by molar-refractivity contribution is 6.02. The number of piperazine rings is 1. The molecule has 1 saturated carbocycles. The number of carbonyl (C=O) groups excluding carboxylic acids is 2. The van der Waals surface area contributed by atoms with Crippen LogP contribution < -0.4 is 10.6 Å². The zero-order chi connectivity index (χ0) is 15.0. The van der Waals surface area contributed by atoms with Crippen LogP contribution in [0.2, 0.25) is 0 Å². The van der Waals surface area contributed by atoms with E-state index < -0.39 is 0 Å². The lowest BCUT2D eigenvalue weighted by atomic mass is 9.64. The number of nitrogens with zero attached hydrogens (tertiary/aromatic N) is 2.